The molecule has 0 spiro atoms. The Morgan fingerprint density at radius 1 is 0.418 bits per heavy atom. The van der Waals surface area contributed by atoms with E-state index in [0.29, 0.717) is 0 Å². The molecular weight excluding hydrogens is 669 g/mol. The predicted octanol–water partition coefficient (Wildman–Crippen LogP) is 13.8. The van der Waals surface area contributed by atoms with Crippen LogP contribution in [-0.4, -0.2) is 9.97 Å². The van der Waals surface area contributed by atoms with Crippen molar-refractivity contribution in [1.29, 1.82) is 0 Å². The summed E-state index contributed by atoms with van der Waals surface area (Å²) in [5.41, 5.74) is 11.2. The maximum atomic E-state index is 5.11. The second-order valence-electron chi connectivity index (χ2n) is 15.2. The molecule has 4 nitrogen and oxygen atoms in total. The third-order valence-electron chi connectivity index (χ3n) is 11.3. The van der Waals surface area contributed by atoms with Crippen molar-refractivity contribution in [3.63, 3.8) is 0 Å². The van der Waals surface area contributed by atoms with E-state index in [4.69, 9.17) is 9.97 Å². The molecule has 264 valence electrons. The Morgan fingerprint density at radius 3 is 1.55 bits per heavy atom. The number of aryl methyl sites for hydroxylation is 2. The first-order valence-corrected chi connectivity index (χ1v) is 19.0. The molecule has 0 radical (unpaired) electrons. The Hall–Kier alpha value is -6.78. The van der Waals surface area contributed by atoms with Crippen LogP contribution in [0.1, 0.15) is 36.4 Å². The topological polar surface area (TPSA) is 32.3 Å². The fraction of sp³-hybridized carbons (Fsp3) is 0.0980. The van der Waals surface area contributed by atoms with Gasteiger partial charge in [0.05, 0.1) is 5.69 Å². The van der Waals surface area contributed by atoms with Crippen LogP contribution in [-0.2, 0) is 5.41 Å². The van der Waals surface area contributed by atoms with Crippen molar-refractivity contribution < 1.29 is 0 Å². The highest BCUT2D eigenvalue weighted by atomic mass is 15.2. The fourth-order valence-corrected chi connectivity index (χ4v) is 8.62. The van der Waals surface area contributed by atoms with Crippen LogP contribution in [0.4, 0.5) is 34.4 Å². The van der Waals surface area contributed by atoms with Gasteiger partial charge >= 0.3 is 0 Å². The largest absolute Gasteiger partial charge is 0.295 e. The van der Waals surface area contributed by atoms with E-state index in [9.17, 15) is 0 Å². The van der Waals surface area contributed by atoms with Crippen molar-refractivity contribution >= 4 is 66.7 Å². The van der Waals surface area contributed by atoms with Gasteiger partial charge in [0.1, 0.15) is 11.6 Å². The first-order chi connectivity index (χ1) is 26.8. The molecule has 0 saturated carbocycles. The number of aromatic nitrogens is 2. The molecule has 0 N–H and O–H groups in total. The summed E-state index contributed by atoms with van der Waals surface area (Å²) in [5, 5.41) is 7.25. The molecular formula is C51H40N4. The van der Waals surface area contributed by atoms with Gasteiger partial charge in [0.15, 0.2) is 0 Å². The Bertz CT molecular complexity index is 2960. The molecule has 55 heavy (non-hydrogen) atoms. The van der Waals surface area contributed by atoms with Gasteiger partial charge in [0.25, 0.3) is 0 Å². The number of anilines is 6. The maximum Gasteiger partial charge on any atom is 0.137 e. The third-order valence-corrected chi connectivity index (χ3v) is 11.3. The second-order valence-corrected chi connectivity index (χ2v) is 15.2. The second kappa shape index (κ2) is 12.7. The third kappa shape index (κ3) is 5.44. The molecule has 10 rings (SSSR count). The average molecular weight is 709 g/mol. The van der Waals surface area contributed by atoms with E-state index in [1.54, 1.807) is 0 Å². The molecule has 7 aromatic carbocycles. The van der Waals surface area contributed by atoms with Crippen LogP contribution < -0.4 is 9.80 Å². The molecule has 2 heterocycles. The smallest absolute Gasteiger partial charge is 0.137 e. The Balaban J connectivity index is 1.18. The van der Waals surface area contributed by atoms with E-state index in [-0.39, 0.29) is 5.41 Å². The number of pyridine rings is 2. The average Bonchev–Trinajstić information content (AvgIpc) is 3.43. The summed E-state index contributed by atoms with van der Waals surface area (Å²) in [6.07, 6.45) is 0. The van der Waals surface area contributed by atoms with Crippen molar-refractivity contribution in [2.45, 2.75) is 33.1 Å². The number of hydrogen-bond donors (Lipinski definition) is 0. The highest BCUT2D eigenvalue weighted by molar-refractivity contribution is 6.10. The maximum absolute atomic E-state index is 5.11. The van der Waals surface area contributed by atoms with Crippen LogP contribution in [0.5, 0.6) is 0 Å². The monoisotopic (exact) mass is 708 g/mol. The van der Waals surface area contributed by atoms with Crippen LogP contribution in [0.2, 0.25) is 0 Å². The number of benzene rings is 7. The summed E-state index contributed by atoms with van der Waals surface area (Å²) in [7, 11) is 0. The summed E-state index contributed by atoms with van der Waals surface area (Å²) in [5.74, 6) is 1.79. The SMILES string of the molecule is Cc1cccc(N(c2ccc3c(c2)C(C)(C)c2cc(N(c4ccc5ccccc5c4)c4cccc(C)n4)c4ccccc4c2-3)c2ccc3ccccc3c2)n1. The van der Waals surface area contributed by atoms with Crippen molar-refractivity contribution in [1.82, 2.24) is 9.97 Å². The molecule has 0 fully saturated rings. The van der Waals surface area contributed by atoms with Gasteiger partial charge in [-0.3, -0.25) is 9.80 Å². The lowest BCUT2D eigenvalue weighted by atomic mass is 9.81. The minimum absolute atomic E-state index is 0.302. The fourth-order valence-electron chi connectivity index (χ4n) is 8.62. The van der Waals surface area contributed by atoms with Gasteiger partial charge in [-0.1, -0.05) is 117 Å². The van der Waals surface area contributed by atoms with E-state index in [0.717, 1.165) is 45.8 Å². The van der Waals surface area contributed by atoms with Crippen LogP contribution in [0.25, 0.3) is 43.4 Å². The van der Waals surface area contributed by atoms with Gasteiger partial charge in [0.2, 0.25) is 0 Å². The first-order valence-electron chi connectivity index (χ1n) is 19.0. The molecule has 9 aromatic rings. The Kier molecular flexibility index (Phi) is 7.57. The molecule has 0 aliphatic heterocycles. The minimum atomic E-state index is -0.302. The lowest BCUT2D eigenvalue weighted by Gasteiger charge is -2.29. The summed E-state index contributed by atoms with van der Waals surface area (Å²) in [6, 6.07) is 61.4. The van der Waals surface area contributed by atoms with E-state index in [1.165, 1.54) is 54.6 Å². The molecule has 0 unspecified atom stereocenters. The molecule has 1 aliphatic rings. The number of rotatable bonds is 6. The summed E-state index contributed by atoms with van der Waals surface area (Å²) >= 11 is 0. The van der Waals surface area contributed by atoms with Crippen molar-refractivity contribution in [2.24, 2.45) is 0 Å². The van der Waals surface area contributed by atoms with Crippen molar-refractivity contribution in [2.75, 3.05) is 9.80 Å². The first kappa shape index (κ1) is 32.8. The van der Waals surface area contributed by atoms with E-state index in [2.05, 4.69) is 207 Å². The van der Waals surface area contributed by atoms with Gasteiger partial charge in [-0.15, -0.1) is 0 Å². The number of fused-ring (bicyclic) bond motifs is 7. The molecule has 0 saturated heterocycles. The zero-order valence-electron chi connectivity index (χ0n) is 31.5. The summed E-state index contributed by atoms with van der Waals surface area (Å²) < 4.78 is 0. The van der Waals surface area contributed by atoms with Crippen LogP contribution in [0, 0.1) is 13.8 Å². The molecule has 0 atom stereocenters. The summed E-state index contributed by atoms with van der Waals surface area (Å²) in [6.45, 7) is 8.86. The molecule has 4 heteroatoms. The number of nitrogens with zero attached hydrogens (tertiary/aromatic N) is 4. The zero-order chi connectivity index (χ0) is 37.3. The number of hydrogen-bond acceptors (Lipinski definition) is 4. The van der Waals surface area contributed by atoms with Gasteiger partial charge in [0, 0.05) is 39.3 Å². The summed E-state index contributed by atoms with van der Waals surface area (Å²) in [4.78, 5) is 14.8. The normalized spacial score (nSPS) is 12.9. The van der Waals surface area contributed by atoms with Gasteiger partial charge in [-0.05, 0) is 130 Å². The van der Waals surface area contributed by atoms with Crippen molar-refractivity contribution in [3.05, 3.63) is 192 Å². The van der Waals surface area contributed by atoms with Gasteiger partial charge < -0.3 is 0 Å². The Labute approximate surface area is 322 Å². The minimum Gasteiger partial charge on any atom is -0.295 e. The van der Waals surface area contributed by atoms with Gasteiger partial charge in [-0.2, -0.15) is 0 Å². The van der Waals surface area contributed by atoms with Crippen molar-refractivity contribution in [3.8, 4) is 11.1 Å². The molecule has 0 amide bonds. The molecule has 1 aliphatic carbocycles. The van der Waals surface area contributed by atoms with Crippen LogP contribution in [0.3, 0.4) is 0 Å². The molecule has 2 aromatic heterocycles. The lowest BCUT2D eigenvalue weighted by molar-refractivity contribution is 0.661. The van der Waals surface area contributed by atoms with E-state index < -0.39 is 0 Å². The van der Waals surface area contributed by atoms with Gasteiger partial charge in [-0.25, -0.2) is 9.97 Å². The standard InChI is InChI=1S/C51H40N4/c1-33-13-11-21-48(52-33)54(39-25-23-35-15-5-7-17-37(35)29-39)41-27-28-44-45(31-41)51(3,4)46-32-47(42-19-9-10-20-43(42)50(44)46)55(49-22-12-14-34(2)53-49)40-26-24-36-16-6-8-18-38(36)30-40/h5-32H,1-4H3. The van der Waals surface area contributed by atoms with E-state index in [1.807, 2.05) is 0 Å². The van der Waals surface area contributed by atoms with Crippen LogP contribution in [0.15, 0.2) is 170 Å². The zero-order valence-corrected chi connectivity index (χ0v) is 31.5. The quantitative estimate of drug-likeness (QED) is 0.172. The lowest BCUT2D eigenvalue weighted by Crippen LogP contribution is -2.18. The highest BCUT2D eigenvalue weighted by Gasteiger charge is 2.38. The van der Waals surface area contributed by atoms with Crippen LogP contribution >= 0.6 is 0 Å². The van der Waals surface area contributed by atoms with E-state index >= 15 is 0 Å². The Morgan fingerprint density at radius 2 is 0.927 bits per heavy atom. The highest BCUT2D eigenvalue weighted by Crippen LogP contribution is 2.55. The predicted molar refractivity (Wildman–Crippen MR) is 231 cm³/mol. The molecule has 0 bridgehead atoms.